The van der Waals surface area contributed by atoms with E-state index in [-0.39, 0.29) is 0 Å². The van der Waals surface area contributed by atoms with E-state index in [2.05, 4.69) is 59.9 Å². The molecule has 1 saturated heterocycles. The average molecular weight is 265 g/mol. The molecule has 1 fully saturated rings. The van der Waals surface area contributed by atoms with Crippen LogP contribution in [-0.4, -0.2) is 35.6 Å². The molecular formula is C14H23N3S. The molecule has 3 nitrogen and oxygen atoms in total. The number of rotatable bonds is 3. The summed E-state index contributed by atoms with van der Waals surface area (Å²) in [7, 11) is 1.99. The molecular weight excluding hydrogens is 242 g/mol. The molecule has 1 aliphatic rings. The zero-order valence-corrected chi connectivity index (χ0v) is 12.5. The minimum Gasteiger partial charge on any atom is -0.354 e. The first-order chi connectivity index (χ1) is 8.60. The molecule has 1 aliphatic heterocycles. The van der Waals surface area contributed by atoms with E-state index in [1.54, 1.807) is 0 Å². The first kappa shape index (κ1) is 13.7. The number of pyridine rings is 1. The summed E-state index contributed by atoms with van der Waals surface area (Å²) in [4.78, 5) is 6.95. The highest BCUT2D eigenvalue weighted by Gasteiger charge is 2.23. The molecule has 100 valence electrons. The number of aromatic nitrogens is 1. The fourth-order valence-electron chi connectivity index (χ4n) is 2.41. The van der Waals surface area contributed by atoms with Crippen molar-refractivity contribution >= 4 is 17.6 Å². The zero-order valence-electron chi connectivity index (χ0n) is 11.7. The normalized spacial score (nSPS) is 26.1. The smallest absolute Gasteiger partial charge is 0.128 e. The van der Waals surface area contributed by atoms with Gasteiger partial charge in [0.15, 0.2) is 0 Å². The van der Waals surface area contributed by atoms with Crippen LogP contribution in [0.2, 0.25) is 0 Å². The topological polar surface area (TPSA) is 28.2 Å². The van der Waals surface area contributed by atoms with Crippen LogP contribution in [0, 0.1) is 0 Å². The van der Waals surface area contributed by atoms with E-state index < -0.39 is 0 Å². The van der Waals surface area contributed by atoms with Crippen LogP contribution in [0.25, 0.3) is 0 Å². The summed E-state index contributed by atoms with van der Waals surface area (Å²) in [5.74, 6) is 1.12. The van der Waals surface area contributed by atoms with Gasteiger partial charge < -0.3 is 10.2 Å². The third kappa shape index (κ3) is 3.18. The van der Waals surface area contributed by atoms with Crippen LogP contribution < -0.4 is 10.2 Å². The standard InChI is InChI=1S/C14H23N3S/c1-10-8-17(9-11(2)18-10)14-7-13(5-6-16-14)12(3)15-4/h5-7,10-12,15H,8-9H2,1-4H3. The molecule has 3 unspecified atom stereocenters. The van der Waals surface area contributed by atoms with E-state index in [1.165, 1.54) is 5.56 Å². The third-order valence-electron chi connectivity index (χ3n) is 3.45. The van der Waals surface area contributed by atoms with Gasteiger partial charge in [-0.25, -0.2) is 4.98 Å². The SMILES string of the molecule is CNC(C)c1ccnc(N2CC(C)SC(C)C2)c1. The lowest BCUT2D eigenvalue weighted by Crippen LogP contribution is -2.40. The molecule has 18 heavy (non-hydrogen) atoms. The maximum Gasteiger partial charge on any atom is 0.128 e. The largest absolute Gasteiger partial charge is 0.354 e. The summed E-state index contributed by atoms with van der Waals surface area (Å²) in [6, 6.07) is 4.69. The van der Waals surface area contributed by atoms with Gasteiger partial charge in [-0.1, -0.05) is 13.8 Å². The number of hydrogen-bond acceptors (Lipinski definition) is 4. The Bertz CT molecular complexity index is 386. The van der Waals surface area contributed by atoms with Gasteiger partial charge in [-0.05, 0) is 31.7 Å². The van der Waals surface area contributed by atoms with Crippen LogP contribution in [0.1, 0.15) is 32.4 Å². The lowest BCUT2D eigenvalue weighted by atomic mass is 10.1. The molecule has 0 aromatic carbocycles. The molecule has 1 aromatic rings. The minimum absolute atomic E-state index is 0.376. The summed E-state index contributed by atoms with van der Waals surface area (Å²) in [5, 5.41) is 4.64. The number of nitrogens with zero attached hydrogens (tertiary/aromatic N) is 2. The Kier molecular flexibility index (Phi) is 4.51. The second-order valence-corrected chi connectivity index (χ2v) is 7.00. The first-order valence-electron chi connectivity index (χ1n) is 6.63. The number of anilines is 1. The molecule has 0 radical (unpaired) electrons. The van der Waals surface area contributed by atoms with Crippen molar-refractivity contribution in [1.82, 2.24) is 10.3 Å². The molecule has 3 atom stereocenters. The van der Waals surface area contributed by atoms with E-state index in [0.29, 0.717) is 16.5 Å². The summed E-state index contributed by atoms with van der Waals surface area (Å²) >= 11 is 2.07. The van der Waals surface area contributed by atoms with Crippen LogP contribution >= 0.6 is 11.8 Å². The Morgan fingerprint density at radius 3 is 2.67 bits per heavy atom. The van der Waals surface area contributed by atoms with Crippen molar-refractivity contribution < 1.29 is 0 Å². The summed E-state index contributed by atoms with van der Waals surface area (Å²) in [6.07, 6.45) is 1.93. The molecule has 2 heterocycles. The number of nitrogens with one attached hydrogen (secondary N) is 1. The van der Waals surface area contributed by atoms with Crippen molar-refractivity contribution in [2.45, 2.75) is 37.3 Å². The van der Waals surface area contributed by atoms with Gasteiger partial charge in [0.2, 0.25) is 0 Å². The second kappa shape index (κ2) is 5.93. The van der Waals surface area contributed by atoms with E-state index >= 15 is 0 Å². The lowest BCUT2D eigenvalue weighted by molar-refractivity contribution is 0.649. The Balaban J connectivity index is 2.17. The molecule has 1 aromatic heterocycles. The van der Waals surface area contributed by atoms with Crippen LogP contribution in [0.3, 0.4) is 0 Å². The molecule has 0 spiro atoms. The van der Waals surface area contributed by atoms with Crippen LogP contribution in [0.5, 0.6) is 0 Å². The van der Waals surface area contributed by atoms with E-state index in [9.17, 15) is 0 Å². The second-order valence-electron chi connectivity index (χ2n) is 5.12. The average Bonchev–Trinajstić information content (AvgIpc) is 2.37. The Hall–Kier alpha value is -0.740. The van der Waals surface area contributed by atoms with Gasteiger partial charge in [0.05, 0.1) is 0 Å². The molecule has 4 heteroatoms. The third-order valence-corrected chi connectivity index (χ3v) is 4.67. The van der Waals surface area contributed by atoms with Gasteiger partial charge in [-0.2, -0.15) is 11.8 Å². The van der Waals surface area contributed by atoms with Gasteiger partial charge in [0.1, 0.15) is 5.82 Å². The Labute approximate surface area is 114 Å². The van der Waals surface area contributed by atoms with E-state index in [1.807, 2.05) is 13.2 Å². The van der Waals surface area contributed by atoms with Gasteiger partial charge in [-0.15, -0.1) is 0 Å². The van der Waals surface area contributed by atoms with Crippen LogP contribution in [0.15, 0.2) is 18.3 Å². The van der Waals surface area contributed by atoms with E-state index in [0.717, 1.165) is 18.9 Å². The lowest BCUT2D eigenvalue weighted by Gasteiger charge is -2.35. The Morgan fingerprint density at radius 1 is 1.39 bits per heavy atom. The Morgan fingerprint density at radius 2 is 2.06 bits per heavy atom. The highest BCUT2D eigenvalue weighted by molar-refractivity contribution is 8.00. The van der Waals surface area contributed by atoms with Crippen molar-refractivity contribution in [3.8, 4) is 0 Å². The van der Waals surface area contributed by atoms with Gasteiger partial charge in [0.25, 0.3) is 0 Å². The van der Waals surface area contributed by atoms with Gasteiger partial charge >= 0.3 is 0 Å². The number of thioether (sulfide) groups is 1. The fourth-order valence-corrected chi connectivity index (χ4v) is 3.73. The molecule has 0 saturated carbocycles. The maximum absolute atomic E-state index is 4.54. The molecule has 0 bridgehead atoms. The van der Waals surface area contributed by atoms with Crippen molar-refractivity contribution in [3.63, 3.8) is 0 Å². The molecule has 0 amide bonds. The predicted molar refractivity (Wildman–Crippen MR) is 80.4 cm³/mol. The predicted octanol–water partition coefficient (Wildman–Crippen LogP) is 2.69. The molecule has 1 N–H and O–H groups in total. The number of hydrogen-bond donors (Lipinski definition) is 1. The van der Waals surface area contributed by atoms with Crippen molar-refractivity contribution in [1.29, 1.82) is 0 Å². The van der Waals surface area contributed by atoms with Crippen molar-refractivity contribution in [2.75, 3.05) is 25.0 Å². The zero-order chi connectivity index (χ0) is 13.1. The molecule has 2 rings (SSSR count). The fraction of sp³-hybridized carbons (Fsp3) is 0.643. The summed E-state index contributed by atoms with van der Waals surface area (Å²) in [5.41, 5.74) is 1.31. The minimum atomic E-state index is 0.376. The van der Waals surface area contributed by atoms with Gasteiger partial charge in [0, 0.05) is 35.8 Å². The quantitative estimate of drug-likeness (QED) is 0.909. The van der Waals surface area contributed by atoms with Crippen molar-refractivity contribution in [2.24, 2.45) is 0 Å². The van der Waals surface area contributed by atoms with Crippen LogP contribution in [-0.2, 0) is 0 Å². The van der Waals surface area contributed by atoms with Crippen molar-refractivity contribution in [3.05, 3.63) is 23.9 Å². The monoisotopic (exact) mass is 265 g/mol. The van der Waals surface area contributed by atoms with Gasteiger partial charge in [-0.3, -0.25) is 0 Å². The van der Waals surface area contributed by atoms with Crippen LogP contribution in [0.4, 0.5) is 5.82 Å². The summed E-state index contributed by atoms with van der Waals surface area (Å²) in [6.45, 7) is 8.97. The summed E-state index contributed by atoms with van der Waals surface area (Å²) < 4.78 is 0. The maximum atomic E-state index is 4.54. The molecule has 0 aliphatic carbocycles. The first-order valence-corrected chi connectivity index (χ1v) is 7.58. The van der Waals surface area contributed by atoms with E-state index in [4.69, 9.17) is 0 Å². The highest BCUT2D eigenvalue weighted by Crippen LogP contribution is 2.28. The highest BCUT2D eigenvalue weighted by atomic mass is 32.2.